The summed E-state index contributed by atoms with van der Waals surface area (Å²) in [7, 11) is 1.54. The molecule has 144 valence electrons. The average Bonchev–Trinajstić information content (AvgIpc) is 3.17. The van der Waals surface area contributed by atoms with E-state index >= 15 is 0 Å². The van der Waals surface area contributed by atoms with Crippen molar-refractivity contribution in [1.82, 2.24) is 10.3 Å². The van der Waals surface area contributed by atoms with Gasteiger partial charge in [-0.05, 0) is 31.2 Å². The Morgan fingerprint density at radius 1 is 0.964 bits per heavy atom. The monoisotopic (exact) mass is 378 g/mol. The van der Waals surface area contributed by atoms with Gasteiger partial charge in [0, 0.05) is 36.8 Å². The van der Waals surface area contributed by atoms with Crippen molar-refractivity contribution >= 4 is 23.3 Å². The number of hydrogen-bond acceptors (Lipinski definition) is 4. The molecule has 3 aromatic rings. The van der Waals surface area contributed by atoms with Crippen LogP contribution in [0.1, 0.15) is 17.9 Å². The molecule has 7 nitrogen and oxygen atoms in total. The summed E-state index contributed by atoms with van der Waals surface area (Å²) in [6.07, 6.45) is 2.34. The fourth-order valence-electron chi connectivity index (χ4n) is 2.55. The van der Waals surface area contributed by atoms with Crippen LogP contribution in [0.3, 0.4) is 0 Å². The number of oxazole rings is 1. The lowest BCUT2D eigenvalue weighted by atomic mass is 10.1. The summed E-state index contributed by atoms with van der Waals surface area (Å²) < 4.78 is 5.74. The number of carbonyl (C=O) groups is 2. The maximum absolute atomic E-state index is 12.1. The molecule has 0 aliphatic heterocycles. The summed E-state index contributed by atoms with van der Waals surface area (Å²) in [6.45, 7) is 2.03. The number of rotatable bonds is 6. The van der Waals surface area contributed by atoms with Gasteiger partial charge >= 0.3 is 6.03 Å². The molecule has 0 atom stereocenters. The highest BCUT2D eigenvalue weighted by Gasteiger charge is 2.09. The Hall–Kier alpha value is -3.61. The highest BCUT2D eigenvalue weighted by molar-refractivity contribution is 5.92. The van der Waals surface area contributed by atoms with Crippen LogP contribution in [0.2, 0.25) is 0 Å². The molecule has 0 aliphatic rings. The van der Waals surface area contributed by atoms with Gasteiger partial charge in [0.1, 0.15) is 0 Å². The minimum absolute atomic E-state index is 0.137. The van der Waals surface area contributed by atoms with E-state index in [2.05, 4.69) is 20.9 Å². The number of anilines is 2. The summed E-state index contributed by atoms with van der Waals surface area (Å²) in [4.78, 5) is 27.7. The first kappa shape index (κ1) is 19.2. The Balaban J connectivity index is 1.50. The van der Waals surface area contributed by atoms with Crippen molar-refractivity contribution in [2.45, 2.75) is 19.8 Å². The molecule has 2 aromatic carbocycles. The van der Waals surface area contributed by atoms with Crippen LogP contribution in [-0.2, 0) is 11.2 Å². The molecular weight excluding hydrogens is 356 g/mol. The van der Waals surface area contributed by atoms with Gasteiger partial charge in [0.25, 0.3) is 0 Å². The highest BCUT2D eigenvalue weighted by Crippen LogP contribution is 2.21. The lowest BCUT2D eigenvalue weighted by Gasteiger charge is -2.07. The number of carbonyl (C=O) groups excluding carboxylic acids is 2. The van der Waals surface area contributed by atoms with Gasteiger partial charge in [0.15, 0.2) is 11.7 Å². The first-order valence-electron chi connectivity index (χ1n) is 8.94. The third-order valence-electron chi connectivity index (χ3n) is 4.11. The number of amides is 3. The molecule has 1 aromatic heterocycles. The zero-order chi connectivity index (χ0) is 19.9. The summed E-state index contributed by atoms with van der Waals surface area (Å²) >= 11 is 0. The van der Waals surface area contributed by atoms with E-state index in [4.69, 9.17) is 4.42 Å². The minimum atomic E-state index is -0.298. The molecule has 28 heavy (non-hydrogen) atoms. The summed E-state index contributed by atoms with van der Waals surface area (Å²) in [5.41, 5.74) is 3.43. The molecular formula is C21H22N4O3. The molecule has 0 bridgehead atoms. The topological polar surface area (TPSA) is 96.3 Å². The van der Waals surface area contributed by atoms with Crippen molar-refractivity contribution in [2.75, 3.05) is 17.7 Å². The Morgan fingerprint density at radius 3 is 2.25 bits per heavy atom. The van der Waals surface area contributed by atoms with Crippen LogP contribution in [0.25, 0.3) is 11.3 Å². The molecule has 0 unspecified atom stereocenters. The van der Waals surface area contributed by atoms with Crippen molar-refractivity contribution < 1.29 is 14.0 Å². The number of hydrogen-bond donors (Lipinski definition) is 3. The van der Waals surface area contributed by atoms with Gasteiger partial charge < -0.3 is 20.4 Å². The first-order valence-corrected chi connectivity index (χ1v) is 8.94. The number of urea groups is 1. The Kier molecular flexibility index (Phi) is 6.06. The quantitative estimate of drug-likeness (QED) is 0.605. The fraction of sp³-hybridized carbons (Fsp3) is 0.190. The standard InChI is InChI=1S/C21H22N4O3/c1-14-3-5-15(6-4-14)18-13-23-20(28-18)12-11-19(26)24-16-7-9-17(10-8-16)25-21(27)22-2/h3-10,13H,11-12H2,1-2H3,(H,24,26)(H2,22,25,27). The van der Waals surface area contributed by atoms with Crippen molar-refractivity contribution in [3.05, 3.63) is 66.2 Å². The maximum Gasteiger partial charge on any atom is 0.318 e. The van der Waals surface area contributed by atoms with Gasteiger partial charge in [0.05, 0.1) is 6.20 Å². The largest absolute Gasteiger partial charge is 0.441 e. The van der Waals surface area contributed by atoms with Crippen molar-refractivity contribution in [1.29, 1.82) is 0 Å². The Bertz CT molecular complexity index is 947. The summed E-state index contributed by atoms with van der Waals surface area (Å²) in [6, 6.07) is 14.6. The first-order chi connectivity index (χ1) is 13.5. The number of benzene rings is 2. The zero-order valence-corrected chi connectivity index (χ0v) is 15.8. The molecule has 7 heteroatoms. The van der Waals surface area contributed by atoms with Gasteiger partial charge in [-0.2, -0.15) is 0 Å². The minimum Gasteiger partial charge on any atom is -0.441 e. The van der Waals surface area contributed by atoms with Crippen LogP contribution in [0, 0.1) is 6.92 Å². The lowest BCUT2D eigenvalue weighted by Crippen LogP contribution is -2.24. The molecule has 0 saturated carbocycles. The Morgan fingerprint density at radius 2 is 1.61 bits per heavy atom. The number of nitrogens with one attached hydrogen (secondary N) is 3. The van der Waals surface area contributed by atoms with E-state index in [1.807, 2.05) is 31.2 Å². The lowest BCUT2D eigenvalue weighted by molar-refractivity contribution is -0.116. The van der Waals surface area contributed by atoms with Gasteiger partial charge in [-0.1, -0.05) is 29.8 Å². The summed E-state index contributed by atoms with van der Waals surface area (Å²) in [5, 5.41) is 7.94. The predicted molar refractivity (Wildman–Crippen MR) is 108 cm³/mol. The molecule has 0 aliphatic carbocycles. The molecule has 3 N–H and O–H groups in total. The van der Waals surface area contributed by atoms with E-state index in [1.165, 1.54) is 5.56 Å². The van der Waals surface area contributed by atoms with Gasteiger partial charge in [-0.15, -0.1) is 0 Å². The van der Waals surface area contributed by atoms with Crippen LogP contribution in [0.5, 0.6) is 0 Å². The second kappa shape index (κ2) is 8.85. The summed E-state index contributed by atoms with van der Waals surface area (Å²) in [5.74, 6) is 1.08. The molecule has 0 saturated heterocycles. The zero-order valence-electron chi connectivity index (χ0n) is 15.8. The van der Waals surface area contributed by atoms with Crippen LogP contribution < -0.4 is 16.0 Å². The predicted octanol–water partition coefficient (Wildman–Crippen LogP) is 3.97. The van der Waals surface area contributed by atoms with Crippen LogP contribution in [-0.4, -0.2) is 24.0 Å². The molecule has 3 amide bonds. The smallest absolute Gasteiger partial charge is 0.318 e. The van der Waals surface area contributed by atoms with E-state index in [-0.39, 0.29) is 18.4 Å². The van der Waals surface area contributed by atoms with E-state index in [9.17, 15) is 9.59 Å². The van der Waals surface area contributed by atoms with Gasteiger partial charge in [-0.25, -0.2) is 9.78 Å². The van der Waals surface area contributed by atoms with Gasteiger partial charge in [-0.3, -0.25) is 4.79 Å². The van der Waals surface area contributed by atoms with Gasteiger partial charge in [0.2, 0.25) is 5.91 Å². The Labute approximate surface area is 163 Å². The second-order valence-corrected chi connectivity index (χ2v) is 6.31. The van der Waals surface area contributed by atoms with E-state index < -0.39 is 0 Å². The van der Waals surface area contributed by atoms with E-state index in [0.717, 1.165) is 5.56 Å². The number of aromatic nitrogens is 1. The molecule has 3 rings (SSSR count). The van der Waals surface area contributed by atoms with Crippen molar-refractivity contribution in [3.8, 4) is 11.3 Å². The van der Waals surface area contributed by atoms with Crippen LogP contribution in [0.4, 0.5) is 16.2 Å². The SMILES string of the molecule is CNC(=O)Nc1ccc(NC(=O)CCc2ncc(-c3ccc(C)cc3)o2)cc1. The fourth-order valence-corrected chi connectivity index (χ4v) is 2.55. The molecule has 0 fully saturated rings. The van der Waals surface area contributed by atoms with Crippen LogP contribution >= 0.6 is 0 Å². The third kappa shape index (κ3) is 5.20. The van der Waals surface area contributed by atoms with E-state index in [0.29, 0.717) is 29.4 Å². The van der Waals surface area contributed by atoms with Crippen molar-refractivity contribution in [3.63, 3.8) is 0 Å². The average molecular weight is 378 g/mol. The van der Waals surface area contributed by atoms with Crippen molar-refractivity contribution in [2.24, 2.45) is 0 Å². The van der Waals surface area contributed by atoms with Crippen LogP contribution in [0.15, 0.2) is 59.1 Å². The molecule has 0 radical (unpaired) electrons. The molecule has 0 spiro atoms. The molecule has 1 heterocycles. The normalized spacial score (nSPS) is 10.4. The maximum atomic E-state index is 12.1. The second-order valence-electron chi connectivity index (χ2n) is 6.31. The number of nitrogens with zero attached hydrogens (tertiary/aromatic N) is 1. The third-order valence-corrected chi connectivity index (χ3v) is 4.11. The number of aryl methyl sites for hydroxylation is 2. The highest BCUT2D eigenvalue weighted by atomic mass is 16.4. The van der Waals surface area contributed by atoms with E-state index in [1.54, 1.807) is 37.5 Å².